The van der Waals surface area contributed by atoms with Crippen LogP contribution >= 0.6 is 0 Å². The molecule has 1 saturated heterocycles. The number of ether oxygens (including phenoxy) is 2. The van der Waals surface area contributed by atoms with Crippen molar-refractivity contribution in [3.8, 4) is 11.5 Å². The summed E-state index contributed by atoms with van der Waals surface area (Å²) < 4.78 is 15.9. The maximum absolute atomic E-state index is 12.4. The van der Waals surface area contributed by atoms with Crippen LogP contribution in [0, 0.1) is 6.92 Å². The van der Waals surface area contributed by atoms with Crippen LogP contribution in [0.1, 0.15) is 12.2 Å². The summed E-state index contributed by atoms with van der Waals surface area (Å²) in [6.07, 6.45) is 0.222. The summed E-state index contributed by atoms with van der Waals surface area (Å²) >= 11 is 0. The van der Waals surface area contributed by atoms with Gasteiger partial charge < -0.3 is 24.2 Å². The van der Waals surface area contributed by atoms with Gasteiger partial charge in [0.15, 0.2) is 17.3 Å². The highest BCUT2D eigenvalue weighted by atomic mass is 16.6. The third-order valence-corrected chi connectivity index (χ3v) is 4.17. The van der Waals surface area contributed by atoms with E-state index in [4.69, 9.17) is 14.0 Å². The largest absolute Gasteiger partial charge is 0.486 e. The molecule has 0 saturated carbocycles. The SMILES string of the molecule is Cc1cc(NC(=O)N[C@H]2CC(=O)N(c3ccc4c(c3)OCCO4)C2)no1. The Morgan fingerprint density at radius 1 is 1.23 bits per heavy atom. The van der Waals surface area contributed by atoms with Crippen molar-refractivity contribution >= 4 is 23.4 Å². The lowest BCUT2D eigenvalue weighted by Gasteiger charge is -2.22. The number of rotatable bonds is 3. The van der Waals surface area contributed by atoms with Gasteiger partial charge in [0.1, 0.15) is 19.0 Å². The Morgan fingerprint density at radius 2 is 2.04 bits per heavy atom. The molecule has 2 aromatic rings. The number of carbonyl (C=O) groups is 2. The number of nitrogens with zero attached hydrogens (tertiary/aromatic N) is 2. The maximum atomic E-state index is 12.4. The van der Waals surface area contributed by atoms with Crippen LogP contribution < -0.4 is 25.0 Å². The molecule has 9 heteroatoms. The van der Waals surface area contributed by atoms with Gasteiger partial charge in [0.2, 0.25) is 5.91 Å². The van der Waals surface area contributed by atoms with Crippen molar-refractivity contribution in [1.29, 1.82) is 0 Å². The molecule has 1 atom stereocenters. The normalized spacial score (nSPS) is 18.7. The summed E-state index contributed by atoms with van der Waals surface area (Å²) in [6, 6.07) is 6.26. The molecule has 2 aliphatic heterocycles. The lowest BCUT2D eigenvalue weighted by Crippen LogP contribution is -2.39. The molecule has 9 nitrogen and oxygen atoms in total. The van der Waals surface area contributed by atoms with Gasteiger partial charge in [-0.1, -0.05) is 5.16 Å². The highest BCUT2D eigenvalue weighted by Gasteiger charge is 2.32. The maximum Gasteiger partial charge on any atom is 0.320 e. The molecule has 1 aromatic carbocycles. The second-order valence-electron chi connectivity index (χ2n) is 6.15. The molecule has 26 heavy (non-hydrogen) atoms. The lowest BCUT2D eigenvalue weighted by molar-refractivity contribution is -0.117. The monoisotopic (exact) mass is 358 g/mol. The smallest absolute Gasteiger partial charge is 0.320 e. The predicted molar refractivity (Wildman–Crippen MR) is 91.6 cm³/mol. The van der Waals surface area contributed by atoms with Crippen molar-refractivity contribution in [3.63, 3.8) is 0 Å². The molecular weight excluding hydrogens is 340 g/mol. The number of urea groups is 1. The van der Waals surface area contributed by atoms with Crippen LogP contribution in [0.25, 0.3) is 0 Å². The van der Waals surface area contributed by atoms with Crippen LogP contribution in [0.3, 0.4) is 0 Å². The summed E-state index contributed by atoms with van der Waals surface area (Å²) in [5, 5.41) is 9.06. The van der Waals surface area contributed by atoms with Gasteiger partial charge in [0.25, 0.3) is 0 Å². The molecule has 136 valence electrons. The van der Waals surface area contributed by atoms with E-state index in [-0.39, 0.29) is 18.4 Å². The van der Waals surface area contributed by atoms with Crippen molar-refractivity contribution in [2.75, 3.05) is 30.0 Å². The molecule has 3 amide bonds. The van der Waals surface area contributed by atoms with E-state index in [0.29, 0.717) is 42.8 Å². The van der Waals surface area contributed by atoms with Gasteiger partial charge >= 0.3 is 6.03 Å². The van der Waals surface area contributed by atoms with E-state index in [1.165, 1.54) is 0 Å². The molecule has 4 rings (SSSR count). The highest BCUT2D eigenvalue weighted by molar-refractivity contribution is 5.97. The van der Waals surface area contributed by atoms with E-state index in [0.717, 1.165) is 5.69 Å². The zero-order valence-electron chi connectivity index (χ0n) is 14.2. The van der Waals surface area contributed by atoms with E-state index < -0.39 is 6.03 Å². The van der Waals surface area contributed by atoms with Crippen LogP contribution in [-0.2, 0) is 4.79 Å². The van der Waals surface area contributed by atoms with Crippen LogP contribution in [0.2, 0.25) is 0 Å². The second-order valence-corrected chi connectivity index (χ2v) is 6.15. The summed E-state index contributed by atoms with van der Waals surface area (Å²) in [5.41, 5.74) is 0.719. The molecule has 0 bridgehead atoms. The first kappa shape index (κ1) is 16.2. The summed E-state index contributed by atoms with van der Waals surface area (Å²) in [7, 11) is 0. The van der Waals surface area contributed by atoms with Crippen LogP contribution in [0.5, 0.6) is 11.5 Å². The van der Waals surface area contributed by atoms with Crippen molar-refractivity contribution in [2.24, 2.45) is 0 Å². The first-order chi connectivity index (χ1) is 12.6. The number of aryl methyl sites for hydroxylation is 1. The van der Waals surface area contributed by atoms with E-state index in [9.17, 15) is 9.59 Å². The lowest BCUT2D eigenvalue weighted by atomic mass is 10.2. The predicted octanol–water partition coefficient (Wildman–Crippen LogP) is 1.68. The van der Waals surface area contributed by atoms with E-state index >= 15 is 0 Å². The van der Waals surface area contributed by atoms with E-state index in [2.05, 4.69) is 15.8 Å². The fourth-order valence-corrected chi connectivity index (χ4v) is 3.02. The summed E-state index contributed by atoms with van der Waals surface area (Å²) in [4.78, 5) is 26.0. The minimum Gasteiger partial charge on any atom is -0.486 e. The Balaban J connectivity index is 1.39. The third-order valence-electron chi connectivity index (χ3n) is 4.17. The Bertz CT molecular complexity index is 849. The standard InChI is InChI=1S/C17H18N4O5/c1-10-6-15(20-26-10)19-17(23)18-11-7-16(22)21(9-11)12-2-3-13-14(8-12)25-5-4-24-13/h2-3,6,8,11H,4-5,7,9H2,1H3,(H2,18,19,20,23)/t11-/m0/s1. The molecule has 1 fully saturated rings. The van der Waals surface area contributed by atoms with Crippen LogP contribution in [0.15, 0.2) is 28.8 Å². The average molecular weight is 358 g/mol. The molecule has 1 aromatic heterocycles. The fraction of sp³-hybridized carbons (Fsp3) is 0.353. The Kier molecular flexibility index (Phi) is 4.11. The number of anilines is 2. The fourth-order valence-electron chi connectivity index (χ4n) is 3.02. The number of aromatic nitrogens is 1. The van der Waals surface area contributed by atoms with Gasteiger partial charge in [0.05, 0.1) is 6.04 Å². The minimum atomic E-state index is -0.430. The molecular formula is C17H18N4O5. The second kappa shape index (κ2) is 6.58. The van der Waals surface area contributed by atoms with E-state index in [1.54, 1.807) is 30.0 Å². The van der Waals surface area contributed by atoms with Crippen molar-refractivity contribution in [2.45, 2.75) is 19.4 Å². The zero-order chi connectivity index (χ0) is 18.1. The van der Waals surface area contributed by atoms with Crippen molar-refractivity contribution < 1.29 is 23.6 Å². The van der Waals surface area contributed by atoms with Gasteiger partial charge in [-0.3, -0.25) is 10.1 Å². The van der Waals surface area contributed by atoms with Gasteiger partial charge in [-0.2, -0.15) is 0 Å². The number of benzene rings is 1. The minimum absolute atomic E-state index is 0.0655. The van der Waals surface area contributed by atoms with Gasteiger partial charge in [-0.15, -0.1) is 0 Å². The number of amides is 3. The zero-order valence-corrected chi connectivity index (χ0v) is 14.2. The van der Waals surface area contributed by atoms with E-state index in [1.807, 2.05) is 6.07 Å². The Labute approximate surface area is 149 Å². The van der Waals surface area contributed by atoms with Gasteiger partial charge in [-0.05, 0) is 19.1 Å². The number of carbonyl (C=O) groups excluding carboxylic acids is 2. The number of nitrogens with one attached hydrogen (secondary N) is 2. The van der Waals surface area contributed by atoms with Crippen LogP contribution in [0.4, 0.5) is 16.3 Å². The van der Waals surface area contributed by atoms with Crippen molar-refractivity contribution in [1.82, 2.24) is 10.5 Å². The van der Waals surface area contributed by atoms with Gasteiger partial charge in [-0.25, -0.2) is 4.79 Å². The quantitative estimate of drug-likeness (QED) is 0.865. The first-order valence-electron chi connectivity index (χ1n) is 8.29. The molecule has 0 radical (unpaired) electrons. The van der Waals surface area contributed by atoms with Gasteiger partial charge in [0, 0.05) is 30.8 Å². The molecule has 0 spiro atoms. The molecule has 0 aliphatic carbocycles. The molecule has 3 heterocycles. The topological polar surface area (TPSA) is 106 Å². The first-order valence-corrected chi connectivity index (χ1v) is 8.29. The Morgan fingerprint density at radius 3 is 2.81 bits per heavy atom. The van der Waals surface area contributed by atoms with Crippen LogP contribution in [-0.4, -0.2) is 42.9 Å². The summed E-state index contributed by atoms with van der Waals surface area (Å²) in [6.45, 7) is 3.11. The van der Waals surface area contributed by atoms with Crippen molar-refractivity contribution in [3.05, 3.63) is 30.0 Å². The molecule has 2 N–H and O–H groups in total. The average Bonchev–Trinajstić information content (AvgIpc) is 3.19. The molecule has 0 unspecified atom stereocenters. The Hall–Kier alpha value is -3.23. The highest BCUT2D eigenvalue weighted by Crippen LogP contribution is 2.35. The third kappa shape index (κ3) is 3.28. The number of hydrogen-bond donors (Lipinski definition) is 2. The number of fused-ring (bicyclic) bond motifs is 1. The summed E-state index contributed by atoms with van der Waals surface area (Å²) in [5.74, 6) is 2.15. The number of hydrogen-bond acceptors (Lipinski definition) is 6. The molecule has 2 aliphatic rings.